The molecule has 0 aromatic carbocycles. The van der Waals surface area contributed by atoms with Gasteiger partial charge in [0, 0.05) is 19.1 Å². The number of likely N-dealkylation sites (tertiary alicyclic amines) is 1. The number of ether oxygens (including phenoxy) is 2. The van der Waals surface area contributed by atoms with Crippen molar-refractivity contribution in [2.45, 2.75) is 66.0 Å². The minimum absolute atomic E-state index is 0.0430. The number of esters is 1. The fourth-order valence-corrected chi connectivity index (χ4v) is 2.73. The van der Waals surface area contributed by atoms with Crippen molar-refractivity contribution >= 4 is 12.1 Å². The largest absolute Gasteiger partial charge is 0.466 e. The second-order valence-corrected chi connectivity index (χ2v) is 7.82. The molecule has 1 saturated heterocycles. The molecule has 0 aliphatic carbocycles. The Hall–Kier alpha value is -1.30. The Bertz CT molecular complexity index is 418. The van der Waals surface area contributed by atoms with Crippen LogP contribution >= 0.6 is 0 Å². The first-order valence-electron chi connectivity index (χ1n) is 9.02. The van der Waals surface area contributed by atoms with E-state index in [0.29, 0.717) is 25.6 Å². The second-order valence-electron chi connectivity index (χ2n) is 7.82. The summed E-state index contributed by atoms with van der Waals surface area (Å²) in [5.41, 5.74) is -0.539. The van der Waals surface area contributed by atoms with Crippen molar-refractivity contribution in [1.82, 2.24) is 10.2 Å². The molecule has 2 atom stereocenters. The van der Waals surface area contributed by atoms with Gasteiger partial charge in [0.2, 0.25) is 0 Å². The van der Waals surface area contributed by atoms with Gasteiger partial charge in [-0.15, -0.1) is 0 Å². The summed E-state index contributed by atoms with van der Waals surface area (Å²) in [5.74, 6) is 0.0200. The van der Waals surface area contributed by atoms with Gasteiger partial charge < -0.3 is 19.7 Å². The zero-order chi connectivity index (χ0) is 18.3. The Kier molecular flexibility index (Phi) is 8.00. The van der Waals surface area contributed by atoms with E-state index in [0.717, 1.165) is 19.4 Å². The number of piperidine rings is 1. The lowest BCUT2D eigenvalue weighted by molar-refractivity contribution is -0.150. The molecule has 6 nitrogen and oxygen atoms in total. The fourth-order valence-electron chi connectivity index (χ4n) is 2.73. The summed E-state index contributed by atoms with van der Waals surface area (Å²) in [6, 6.07) is 0.0430. The first kappa shape index (κ1) is 20.7. The van der Waals surface area contributed by atoms with Gasteiger partial charge in [-0.3, -0.25) is 4.79 Å². The molecular weight excluding hydrogens is 308 g/mol. The number of carbonyl (C=O) groups is 2. The van der Waals surface area contributed by atoms with Crippen molar-refractivity contribution in [2.24, 2.45) is 11.8 Å². The van der Waals surface area contributed by atoms with Crippen LogP contribution in [0.2, 0.25) is 0 Å². The minimum atomic E-state index is -0.539. The molecule has 140 valence electrons. The summed E-state index contributed by atoms with van der Waals surface area (Å²) < 4.78 is 10.6. The van der Waals surface area contributed by atoms with Gasteiger partial charge >= 0.3 is 12.1 Å². The zero-order valence-corrected chi connectivity index (χ0v) is 16.1. The van der Waals surface area contributed by atoms with E-state index in [4.69, 9.17) is 9.47 Å². The molecule has 1 aliphatic rings. The predicted molar refractivity (Wildman–Crippen MR) is 93.8 cm³/mol. The normalized spacial score (nSPS) is 21.7. The van der Waals surface area contributed by atoms with Crippen LogP contribution in [-0.2, 0) is 14.3 Å². The highest BCUT2D eigenvalue weighted by Crippen LogP contribution is 2.21. The molecule has 1 aliphatic heterocycles. The van der Waals surface area contributed by atoms with Crippen molar-refractivity contribution in [1.29, 1.82) is 0 Å². The van der Waals surface area contributed by atoms with Gasteiger partial charge in [0.1, 0.15) is 5.60 Å². The number of hydrogen-bond acceptors (Lipinski definition) is 5. The maximum absolute atomic E-state index is 12.3. The van der Waals surface area contributed by atoms with Gasteiger partial charge in [0.25, 0.3) is 0 Å². The summed E-state index contributed by atoms with van der Waals surface area (Å²) in [7, 11) is 0. The average molecular weight is 342 g/mol. The molecule has 1 rings (SSSR count). The highest BCUT2D eigenvalue weighted by atomic mass is 16.6. The van der Waals surface area contributed by atoms with Crippen molar-refractivity contribution in [2.75, 3.05) is 26.2 Å². The maximum Gasteiger partial charge on any atom is 0.410 e. The topological polar surface area (TPSA) is 67.9 Å². The predicted octanol–water partition coefficient (Wildman–Crippen LogP) is 2.81. The quantitative estimate of drug-likeness (QED) is 0.752. The number of rotatable bonds is 6. The van der Waals surface area contributed by atoms with Crippen LogP contribution in [0.15, 0.2) is 0 Å². The van der Waals surface area contributed by atoms with E-state index in [9.17, 15) is 9.59 Å². The van der Waals surface area contributed by atoms with E-state index >= 15 is 0 Å². The first-order valence-corrected chi connectivity index (χ1v) is 9.02. The van der Waals surface area contributed by atoms with Crippen LogP contribution in [0, 0.1) is 11.8 Å². The first-order chi connectivity index (χ1) is 11.1. The SMILES string of the molecule is CCOC(=O)[C@H]1CN(C(=O)OC(C)(C)C)CC[C@@H]1NCCC(C)C. The van der Waals surface area contributed by atoms with Crippen LogP contribution in [0.4, 0.5) is 4.79 Å². The summed E-state index contributed by atoms with van der Waals surface area (Å²) in [5, 5.41) is 3.47. The van der Waals surface area contributed by atoms with Gasteiger partial charge in [0.05, 0.1) is 12.5 Å². The van der Waals surface area contributed by atoms with Crippen LogP contribution in [0.5, 0.6) is 0 Å². The Morgan fingerprint density at radius 2 is 1.96 bits per heavy atom. The third-order valence-electron chi connectivity index (χ3n) is 3.98. The number of nitrogens with one attached hydrogen (secondary N) is 1. The van der Waals surface area contributed by atoms with E-state index in [2.05, 4.69) is 19.2 Å². The van der Waals surface area contributed by atoms with Crippen LogP contribution in [0.3, 0.4) is 0 Å². The second kappa shape index (κ2) is 9.25. The average Bonchev–Trinajstić information content (AvgIpc) is 2.45. The number of nitrogens with zero attached hydrogens (tertiary/aromatic N) is 1. The lowest BCUT2D eigenvalue weighted by Gasteiger charge is -2.38. The van der Waals surface area contributed by atoms with Crippen LogP contribution in [0.25, 0.3) is 0 Å². The molecule has 6 heteroatoms. The maximum atomic E-state index is 12.3. The molecule has 0 unspecified atom stereocenters. The summed E-state index contributed by atoms with van der Waals surface area (Å²) >= 11 is 0. The third-order valence-corrected chi connectivity index (χ3v) is 3.98. The van der Waals surface area contributed by atoms with Crippen LogP contribution in [-0.4, -0.2) is 54.8 Å². The Morgan fingerprint density at radius 1 is 1.29 bits per heavy atom. The van der Waals surface area contributed by atoms with Crippen molar-refractivity contribution in [3.05, 3.63) is 0 Å². The Morgan fingerprint density at radius 3 is 2.50 bits per heavy atom. The van der Waals surface area contributed by atoms with Crippen LogP contribution < -0.4 is 5.32 Å². The lowest BCUT2D eigenvalue weighted by atomic mass is 9.92. The number of amides is 1. The molecule has 1 heterocycles. The molecule has 0 aromatic heterocycles. The fraction of sp³-hybridized carbons (Fsp3) is 0.889. The molecule has 0 radical (unpaired) electrons. The monoisotopic (exact) mass is 342 g/mol. The van der Waals surface area contributed by atoms with Gasteiger partial charge in [-0.25, -0.2) is 4.79 Å². The number of carbonyl (C=O) groups excluding carboxylic acids is 2. The number of hydrogen-bond donors (Lipinski definition) is 1. The van der Waals surface area contributed by atoms with Crippen molar-refractivity contribution in [3.8, 4) is 0 Å². The Labute approximate surface area is 146 Å². The highest BCUT2D eigenvalue weighted by Gasteiger charge is 2.38. The van der Waals surface area contributed by atoms with E-state index in [1.165, 1.54) is 0 Å². The molecule has 0 bridgehead atoms. The highest BCUT2D eigenvalue weighted by molar-refractivity contribution is 5.75. The van der Waals surface area contributed by atoms with E-state index in [-0.39, 0.29) is 24.0 Å². The molecule has 1 fully saturated rings. The van der Waals surface area contributed by atoms with Gasteiger partial charge in [-0.05, 0) is 53.0 Å². The smallest absolute Gasteiger partial charge is 0.410 e. The molecule has 1 amide bonds. The molecular formula is C18H34N2O4. The van der Waals surface area contributed by atoms with Gasteiger partial charge in [-0.2, -0.15) is 0 Å². The molecule has 0 saturated carbocycles. The van der Waals surface area contributed by atoms with Crippen molar-refractivity contribution in [3.63, 3.8) is 0 Å². The summed E-state index contributed by atoms with van der Waals surface area (Å²) in [6.45, 7) is 13.8. The van der Waals surface area contributed by atoms with Crippen LogP contribution in [0.1, 0.15) is 54.4 Å². The molecule has 0 spiro atoms. The van der Waals surface area contributed by atoms with E-state index in [1.54, 1.807) is 11.8 Å². The minimum Gasteiger partial charge on any atom is -0.466 e. The molecule has 0 aromatic rings. The third kappa shape index (κ3) is 7.07. The lowest BCUT2D eigenvalue weighted by Crippen LogP contribution is -2.54. The zero-order valence-electron chi connectivity index (χ0n) is 16.1. The van der Waals surface area contributed by atoms with Crippen molar-refractivity contribution < 1.29 is 19.1 Å². The Balaban J connectivity index is 2.69. The van der Waals surface area contributed by atoms with Gasteiger partial charge in [0.15, 0.2) is 0 Å². The summed E-state index contributed by atoms with van der Waals surface area (Å²) in [6.07, 6.45) is 1.42. The van der Waals surface area contributed by atoms with E-state index in [1.807, 2.05) is 20.8 Å². The summed E-state index contributed by atoms with van der Waals surface area (Å²) in [4.78, 5) is 26.2. The van der Waals surface area contributed by atoms with E-state index < -0.39 is 5.60 Å². The standard InChI is InChI=1S/C18H34N2O4/c1-7-23-16(21)14-12-20(17(22)24-18(4,5)6)11-9-15(14)19-10-8-13(2)3/h13-15,19H,7-12H2,1-6H3/t14-,15-/m0/s1. The van der Waals surface area contributed by atoms with Gasteiger partial charge in [-0.1, -0.05) is 13.8 Å². The molecule has 24 heavy (non-hydrogen) atoms. The molecule has 1 N–H and O–H groups in total.